The molecule has 0 fully saturated rings. The molecule has 0 bridgehead atoms. The molecule has 7 heteroatoms. The van der Waals surface area contributed by atoms with Gasteiger partial charge in [0.1, 0.15) is 22.3 Å². The van der Waals surface area contributed by atoms with Gasteiger partial charge in [0.15, 0.2) is 0 Å². The van der Waals surface area contributed by atoms with Crippen LogP contribution >= 0.6 is 0 Å². The second kappa shape index (κ2) is 7.43. The molecule has 0 spiro atoms. The predicted molar refractivity (Wildman–Crippen MR) is 90.6 cm³/mol. The summed E-state index contributed by atoms with van der Waals surface area (Å²) in [7, 11) is -0.407. The molecule has 0 aliphatic carbocycles. The fourth-order valence-corrected chi connectivity index (χ4v) is 3.83. The van der Waals surface area contributed by atoms with E-state index >= 15 is 0 Å². The monoisotopic (exact) mass is 347 g/mol. The first-order chi connectivity index (χ1) is 11.4. The number of hydrogen-bond acceptors (Lipinski definition) is 4. The molecule has 0 amide bonds. The number of anilines is 1. The van der Waals surface area contributed by atoms with E-state index in [2.05, 4.69) is 0 Å². The number of nitrogens with zero attached hydrogens (tertiary/aromatic N) is 3. The standard InChI is InChI=1S/C17H18FN3O2S/c1-20(2)11-12-21(14-7-4-3-5-8-14)24(22,23)17-10-6-9-16(18)15(17)13-19/h3-10H,11-12H2,1-2H3. The summed E-state index contributed by atoms with van der Waals surface area (Å²) in [5, 5.41) is 9.15. The summed E-state index contributed by atoms with van der Waals surface area (Å²) >= 11 is 0. The van der Waals surface area contributed by atoms with Crippen LogP contribution in [-0.2, 0) is 10.0 Å². The molecular formula is C17H18FN3O2S. The Hall–Kier alpha value is -2.43. The molecule has 0 unspecified atom stereocenters. The number of sulfonamides is 1. The van der Waals surface area contributed by atoms with E-state index in [9.17, 15) is 12.8 Å². The average molecular weight is 347 g/mol. The molecule has 2 aromatic rings. The third kappa shape index (κ3) is 3.72. The summed E-state index contributed by atoms with van der Waals surface area (Å²) in [4.78, 5) is 1.52. The van der Waals surface area contributed by atoms with Crippen LogP contribution in [0.15, 0.2) is 53.4 Å². The topological polar surface area (TPSA) is 64.4 Å². The van der Waals surface area contributed by atoms with E-state index in [1.54, 1.807) is 36.4 Å². The molecule has 2 aromatic carbocycles. The first kappa shape index (κ1) is 17.9. The van der Waals surface area contributed by atoms with Crippen LogP contribution in [0.3, 0.4) is 0 Å². The minimum absolute atomic E-state index is 0.181. The van der Waals surface area contributed by atoms with Crippen LogP contribution < -0.4 is 4.31 Å². The average Bonchev–Trinajstić information content (AvgIpc) is 2.55. The Kier molecular flexibility index (Phi) is 5.54. The van der Waals surface area contributed by atoms with Gasteiger partial charge in [-0.2, -0.15) is 5.26 Å². The molecule has 0 aliphatic rings. The number of rotatable bonds is 6. The van der Waals surface area contributed by atoms with E-state index in [0.29, 0.717) is 12.2 Å². The molecule has 0 saturated heterocycles. The van der Waals surface area contributed by atoms with Gasteiger partial charge in [0, 0.05) is 13.1 Å². The molecule has 0 saturated carbocycles. The third-order valence-corrected chi connectivity index (χ3v) is 5.32. The van der Waals surface area contributed by atoms with Crippen molar-refractivity contribution >= 4 is 15.7 Å². The normalized spacial score (nSPS) is 11.3. The van der Waals surface area contributed by atoms with Crippen molar-refractivity contribution in [1.29, 1.82) is 5.26 Å². The van der Waals surface area contributed by atoms with Crippen molar-refractivity contribution in [2.45, 2.75) is 4.90 Å². The number of hydrogen-bond donors (Lipinski definition) is 0. The first-order valence-corrected chi connectivity index (χ1v) is 8.73. The van der Waals surface area contributed by atoms with Gasteiger partial charge in [-0.05, 0) is 38.4 Å². The Bertz CT molecular complexity index is 846. The van der Waals surface area contributed by atoms with Gasteiger partial charge in [0.25, 0.3) is 10.0 Å². The molecule has 24 heavy (non-hydrogen) atoms. The zero-order valence-corrected chi connectivity index (χ0v) is 14.3. The highest BCUT2D eigenvalue weighted by molar-refractivity contribution is 7.92. The smallest absolute Gasteiger partial charge is 0.265 e. The summed E-state index contributed by atoms with van der Waals surface area (Å²) < 4.78 is 41.2. The number of para-hydroxylation sites is 1. The van der Waals surface area contributed by atoms with Gasteiger partial charge in [-0.1, -0.05) is 24.3 Å². The van der Waals surface area contributed by atoms with Crippen LogP contribution in [-0.4, -0.2) is 40.5 Å². The van der Waals surface area contributed by atoms with E-state index in [-0.39, 0.29) is 11.4 Å². The summed E-state index contributed by atoms with van der Waals surface area (Å²) in [5.41, 5.74) is -0.00390. The molecule has 2 rings (SSSR count). The molecule has 126 valence electrons. The Balaban J connectivity index is 2.57. The summed E-state index contributed by atoms with van der Waals surface area (Å²) in [5.74, 6) is -0.848. The third-order valence-electron chi connectivity index (χ3n) is 3.45. The van der Waals surface area contributed by atoms with E-state index in [1.807, 2.05) is 19.0 Å². The van der Waals surface area contributed by atoms with Gasteiger partial charge in [0.05, 0.1) is 5.69 Å². The zero-order valence-electron chi connectivity index (χ0n) is 13.5. The van der Waals surface area contributed by atoms with Gasteiger partial charge in [-0.15, -0.1) is 0 Å². The van der Waals surface area contributed by atoms with Crippen molar-refractivity contribution < 1.29 is 12.8 Å². The van der Waals surface area contributed by atoms with E-state index in [4.69, 9.17) is 5.26 Å². The maximum atomic E-state index is 13.8. The molecule has 5 nitrogen and oxygen atoms in total. The quantitative estimate of drug-likeness (QED) is 0.805. The molecular weight excluding hydrogens is 329 g/mol. The van der Waals surface area contributed by atoms with E-state index in [1.165, 1.54) is 16.4 Å². The summed E-state index contributed by atoms with van der Waals surface area (Å²) in [6.45, 7) is 0.659. The molecule has 0 atom stereocenters. The molecule has 0 aromatic heterocycles. The van der Waals surface area contributed by atoms with Crippen LogP contribution in [0.1, 0.15) is 5.56 Å². The maximum absolute atomic E-state index is 13.8. The van der Waals surface area contributed by atoms with Crippen molar-refractivity contribution in [3.05, 3.63) is 59.9 Å². The van der Waals surface area contributed by atoms with Crippen molar-refractivity contribution in [2.75, 3.05) is 31.5 Å². The number of benzene rings is 2. The maximum Gasteiger partial charge on any atom is 0.265 e. The highest BCUT2D eigenvalue weighted by Crippen LogP contribution is 2.26. The van der Waals surface area contributed by atoms with Gasteiger partial charge >= 0.3 is 0 Å². The fraction of sp³-hybridized carbons (Fsp3) is 0.235. The zero-order chi connectivity index (χ0) is 17.7. The molecule has 0 aliphatic heterocycles. The minimum Gasteiger partial charge on any atom is -0.308 e. The van der Waals surface area contributed by atoms with E-state index in [0.717, 1.165) is 6.07 Å². The summed E-state index contributed by atoms with van der Waals surface area (Å²) in [6.07, 6.45) is 0. The lowest BCUT2D eigenvalue weighted by Gasteiger charge is -2.26. The molecule has 0 radical (unpaired) electrons. The number of halogens is 1. The van der Waals surface area contributed by atoms with Crippen molar-refractivity contribution in [3.63, 3.8) is 0 Å². The van der Waals surface area contributed by atoms with E-state index < -0.39 is 21.4 Å². The lowest BCUT2D eigenvalue weighted by Crippen LogP contribution is -2.37. The van der Waals surface area contributed by atoms with Crippen LogP contribution in [0.4, 0.5) is 10.1 Å². The Morgan fingerprint density at radius 3 is 2.29 bits per heavy atom. The molecule has 0 N–H and O–H groups in total. The van der Waals surface area contributed by atoms with Crippen molar-refractivity contribution in [1.82, 2.24) is 4.90 Å². The van der Waals surface area contributed by atoms with Crippen LogP contribution in [0.5, 0.6) is 0 Å². The SMILES string of the molecule is CN(C)CCN(c1ccccc1)S(=O)(=O)c1cccc(F)c1C#N. The largest absolute Gasteiger partial charge is 0.308 e. The summed E-state index contributed by atoms with van der Waals surface area (Å²) in [6, 6.07) is 13.8. The van der Waals surface area contributed by atoms with Crippen LogP contribution in [0.25, 0.3) is 0 Å². The van der Waals surface area contributed by atoms with Gasteiger partial charge in [0.2, 0.25) is 0 Å². The first-order valence-electron chi connectivity index (χ1n) is 7.29. The highest BCUT2D eigenvalue weighted by Gasteiger charge is 2.28. The Labute approximate surface area is 141 Å². The number of likely N-dealkylation sites (N-methyl/N-ethyl adjacent to an activating group) is 1. The fourth-order valence-electron chi connectivity index (χ4n) is 2.22. The molecule has 0 heterocycles. The second-order valence-electron chi connectivity index (χ2n) is 5.44. The number of nitriles is 1. The predicted octanol–water partition coefficient (Wildman–Crippen LogP) is 2.45. The van der Waals surface area contributed by atoms with Crippen molar-refractivity contribution in [3.8, 4) is 6.07 Å². The van der Waals surface area contributed by atoms with Gasteiger partial charge < -0.3 is 4.90 Å². The van der Waals surface area contributed by atoms with Gasteiger partial charge in [-0.3, -0.25) is 4.31 Å². The minimum atomic E-state index is -4.07. The van der Waals surface area contributed by atoms with Crippen LogP contribution in [0, 0.1) is 17.1 Å². The Morgan fingerprint density at radius 2 is 1.71 bits per heavy atom. The lowest BCUT2D eigenvalue weighted by atomic mass is 10.2. The highest BCUT2D eigenvalue weighted by atomic mass is 32.2. The van der Waals surface area contributed by atoms with Crippen LogP contribution in [0.2, 0.25) is 0 Å². The lowest BCUT2D eigenvalue weighted by molar-refractivity contribution is 0.419. The second-order valence-corrected chi connectivity index (χ2v) is 7.27. The Morgan fingerprint density at radius 1 is 1.04 bits per heavy atom. The van der Waals surface area contributed by atoms with Crippen molar-refractivity contribution in [2.24, 2.45) is 0 Å². The van der Waals surface area contributed by atoms with Gasteiger partial charge in [-0.25, -0.2) is 12.8 Å².